The van der Waals surface area contributed by atoms with Gasteiger partial charge in [0.15, 0.2) is 5.79 Å². The maximum absolute atomic E-state index is 6.06. The number of ether oxygens (including phenoxy) is 2. The molecule has 1 aromatic carbocycles. The fourth-order valence-corrected chi connectivity index (χ4v) is 6.90. The van der Waals surface area contributed by atoms with Gasteiger partial charge in [0.1, 0.15) is 0 Å². The third kappa shape index (κ3) is 5.77. The van der Waals surface area contributed by atoms with Crippen LogP contribution in [0, 0.1) is 11.8 Å². The first-order chi connectivity index (χ1) is 13.9. The molecule has 0 bridgehead atoms. The zero-order valence-corrected chi connectivity index (χ0v) is 18.3. The van der Waals surface area contributed by atoms with Crippen molar-refractivity contribution in [2.75, 3.05) is 13.2 Å². The summed E-state index contributed by atoms with van der Waals surface area (Å²) in [5.74, 6) is 1.71. The molecule has 3 heteroatoms. The maximum Gasteiger partial charge on any atom is 0.168 e. The third-order valence-corrected chi connectivity index (χ3v) is 8.54. The van der Waals surface area contributed by atoms with Gasteiger partial charge >= 0.3 is 0 Å². The summed E-state index contributed by atoms with van der Waals surface area (Å²) in [5.41, 5.74) is 0. The van der Waals surface area contributed by atoms with Gasteiger partial charge < -0.3 is 9.47 Å². The molecular weight excluding hydrogens is 364 g/mol. The summed E-state index contributed by atoms with van der Waals surface area (Å²) in [6.07, 6.45) is 17.3. The van der Waals surface area contributed by atoms with Crippen LogP contribution in [0.15, 0.2) is 35.2 Å². The molecule has 1 aromatic rings. The molecular formula is C25H38O2S. The Balaban J connectivity index is 1.27. The Morgan fingerprint density at radius 2 is 1.21 bits per heavy atom. The van der Waals surface area contributed by atoms with Crippen LogP contribution in [0.1, 0.15) is 83.5 Å². The average molecular weight is 403 g/mol. The highest BCUT2D eigenvalue weighted by molar-refractivity contribution is 8.00. The van der Waals surface area contributed by atoms with E-state index in [1.165, 1.54) is 75.5 Å². The maximum atomic E-state index is 6.06. The lowest BCUT2D eigenvalue weighted by molar-refractivity contribution is -0.168. The molecule has 0 amide bonds. The topological polar surface area (TPSA) is 18.5 Å². The van der Waals surface area contributed by atoms with E-state index in [2.05, 4.69) is 42.1 Å². The Morgan fingerprint density at radius 3 is 1.82 bits per heavy atom. The van der Waals surface area contributed by atoms with Crippen LogP contribution in [0.4, 0.5) is 0 Å². The summed E-state index contributed by atoms with van der Waals surface area (Å²) in [5, 5.41) is 0.877. The lowest BCUT2D eigenvalue weighted by atomic mass is 9.98. The average Bonchev–Trinajstić information content (AvgIpc) is 3.13. The fraction of sp³-hybridized carbons (Fsp3) is 0.760. The Bertz CT molecular complexity index is 569. The zero-order chi connectivity index (χ0) is 19.1. The summed E-state index contributed by atoms with van der Waals surface area (Å²) in [6, 6.07) is 11.1. The minimum atomic E-state index is -0.226. The molecule has 3 fully saturated rings. The normalized spacial score (nSPS) is 32.1. The van der Waals surface area contributed by atoms with E-state index in [1.54, 1.807) is 0 Å². The van der Waals surface area contributed by atoms with Crippen molar-refractivity contribution in [1.82, 2.24) is 0 Å². The van der Waals surface area contributed by atoms with Crippen LogP contribution >= 0.6 is 11.8 Å². The SMILES string of the molecule is c1ccc(SC2C3CCCCCCCC4(CCCCCCC32)OCCO4)cc1. The first-order valence-corrected chi connectivity index (χ1v) is 12.7. The van der Waals surface area contributed by atoms with Crippen LogP contribution in [-0.4, -0.2) is 24.3 Å². The number of rotatable bonds is 2. The number of hydrogen-bond donors (Lipinski definition) is 0. The van der Waals surface area contributed by atoms with E-state index in [0.29, 0.717) is 0 Å². The lowest BCUT2D eigenvalue weighted by Crippen LogP contribution is -2.30. The van der Waals surface area contributed by atoms with Crippen LogP contribution in [0.3, 0.4) is 0 Å². The molecule has 2 nitrogen and oxygen atoms in total. The second-order valence-corrected chi connectivity index (χ2v) is 10.3. The summed E-state index contributed by atoms with van der Waals surface area (Å²) in [4.78, 5) is 1.47. The number of thioether (sulfide) groups is 1. The minimum Gasteiger partial charge on any atom is -0.348 e. The number of benzene rings is 1. The molecule has 156 valence electrons. The molecule has 0 aromatic heterocycles. The van der Waals surface area contributed by atoms with Gasteiger partial charge in [-0.1, -0.05) is 63.1 Å². The van der Waals surface area contributed by atoms with Gasteiger partial charge in [-0.25, -0.2) is 0 Å². The Morgan fingerprint density at radius 1 is 0.679 bits per heavy atom. The minimum absolute atomic E-state index is 0.226. The predicted octanol–water partition coefficient (Wildman–Crippen LogP) is 7.22. The van der Waals surface area contributed by atoms with E-state index in [1.807, 2.05) is 0 Å². The molecule has 3 unspecified atom stereocenters. The molecule has 4 rings (SSSR count). The van der Waals surface area contributed by atoms with Crippen LogP contribution in [-0.2, 0) is 9.47 Å². The van der Waals surface area contributed by atoms with Crippen molar-refractivity contribution < 1.29 is 9.47 Å². The van der Waals surface area contributed by atoms with Crippen molar-refractivity contribution in [3.8, 4) is 0 Å². The molecule has 0 radical (unpaired) electrons. The van der Waals surface area contributed by atoms with Gasteiger partial charge in [-0.3, -0.25) is 0 Å². The van der Waals surface area contributed by atoms with E-state index >= 15 is 0 Å². The van der Waals surface area contributed by atoms with Crippen molar-refractivity contribution >= 4 is 11.8 Å². The molecule has 1 spiro atoms. The molecule has 1 saturated heterocycles. The van der Waals surface area contributed by atoms with Gasteiger partial charge in [-0.2, -0.15) is 0 Å². The van der Waals surface area contributed by atoms with Gasteiger partial charge in [-0.05, 0) is 49.7 Å². The largest absolute Gasteiger partial charge is 0.348 e. The highest BCUT2D eigenvalue weighted by Crippen LogP contribution is 2.55. The van der Waals surface area contributed by atoms with Crippen molar-refractivity contribution in [2.45, 2.75) is 99.4 Å². The third-order valence-electron chi connectivity index (χ3n) is 7.02. The van der Waals surface area contributed by atoms with Gasteiger partial charge in [0, 0.05) is 23.0 Å². The standard InChI is InChI=1S/C25H38O2S/c1-2-9-15-22-23(24(22)28-21-13-7-6-8-14-21)16-10-3-5-12-18-25(17-11-4-1)26-19-20-27-25/h6-8,13-14,22-24H,1-5,9-12,15-20H2. The zero-order valence-electron chi connectivity index (χ0n) is 17.5. The molecule has 28 heavy (non-hydrogen) atoms. The molecule has 1 heterocycles. The van der Waals surface area contributed by atoms with E-state index in [-0.39, 0.29) is 5.79 Å². The van der Waals surface area contributed by atoms with E-state index in [9.17, 15) is 0 Å². The molecule has 2 saturated carbocycles. The first kappa shape index (κ1) is 20.8. The Labute approximate surface area is 176 Å². The van der Waals surface area contributed by atoms with E-state index in [4.69, 9.17) is 9.47 Å². The quantitative estimate of drug-likeness (QED) is 0.520. The van der Waals surface area contributed by atoms with Gasteiger partial charge in [0.2, 0.25) is 0 Å². The van der Waals surface area contributed by atoms with Crippen LogP contribution < -0.4 is 0 Å². The highest BCUT2D eigenvalue weighted by Gasteiger charge is 2.48. The molecule has 1 aliphatic heterocycles. The summed E-state index contributed by atoms with van der Waals surface area (Å²) in [6.45, 7) is 1.59. The predicted molar refractivity (Wildman–Crippen MR) is 118 cm³/mol. The van der Waals surface area contributed by atoms with Gasteiger partial charge in [-0.15, -0.1) is 11.8 Å². The summed E-state index contributed by atoms with van der Waals surface area (Å²) in [7, 11) is 0. The fourth-order valence-electron chi connectivity index (χ4n) is 5.34. The van der Waals surface area contributed by atoms with Gasteiger partial charge in [0.25, 0.3) is 0 Å². The summed E-state index contributed by atoms with van der Waals surface area (Å²) < 4.78 is 12.1. The first-order valence-electron chi connectivity index (χ1n) is 11.9. The Kier molecular flexibility index (Phi) is 7.78. The second kappa shape index (κ2) is 10.5. The monoisotopic (exact) mass is 402 g/mol. The second-order valence-electron chi connectivity index (χ2n) is 9.09. The van der Waals surface area contributed by atoms with E-state index in [0.717, 1.165) is 43.1 Å². The highest BCUT2D eigenvalue weighted by atomic mass is 32.2. The smallest absolute Gasteiger partial charge is 0.168 e. The lowest BCUT2D eigenvalue weighted by Gasteiger charge is -2.27. The van der Waals surface area contributed by atoms with Crippen LogP contribution in [0.5, 0.6) is 0 Å². The van der Waals surface area contributed by atoms with Gasteiger partial charge in [0.05, 0.1) is 13.2 Å². The van der Waals surface area contributed by atoms with Crippen molar-refractivity contribution in [3.63, 3.8) is 0 Å². The van der Waals surface area contributed by atoms with Crippen molar-refractivity contribution in [2.24, 2.45) is 11.8 Å². The van der Waals surface area contributed by atoms with Crippen molar-refractivity contribution in [1.29, 1.82) is 0 Å². The van der Waals surface area contributed by atoms with Crippen molar-refractivity contribution in [3.05, 3.63) is 30.3 Å². The molecule has 0 N–H and O–H groups in total. The molecule has 3 aliphatic rings. The number of fused-ring (bicyclic) bond motifs is 1. The van der Waals surface area contributed by atoms with Crippen LogP contribution in [0.25, 0.3) is 0 Å². The number of hydrogen-bond acceptors (Lipinski definition) is 3. The molecule has 3 atom stereocenters. The van der Waals surface area contributed by atoms with E-state index < -0.39 is 0 Å². The van der Waals surface area contributed by atoms with Crippen LogP contribution in [0.2, 0.25) is 0 Å². The summed E-state index contributed by atoms with van der Waals surface area (Å²) >= 11 is 2.15. The Hall–Kier alpha value is -0.510. The molecule has 2 aliphatic carbocycles.